The summed E-state index contributed by atoms with van der Waals surface area (Å²) in [5, 5.41) is 4.10. The smallest absolute Gasteiger partial charge is 0.277 e. The molecule has 0 spiro atoms. The van der Waals surface area contributed by atoms with Crippen LogP contribution in [0.2, 0.25) is 0 Å². The summed E-state index contributed by atoms with van der Waals surface area (Å²) in [6.45, 7) is -1.48. The molecule has 3 N–H and O–H groups in total. The van der Waals surface area contributed by atoms with E-state index in [0.29, 0.717) is 0 Å². The predicted octanol–water partition coefficient (Wildman–Crippen LogP) is 2.32. The average molecular weight is 384 g/mol. The van der Waals surface area contributed by atoms with Gasteiger partial charge in [-0.3, -0.25) is 9.59 Å². The number of amides is 2. The monoisotopic (exact) mass is 383 g/mol. The molecule has 0 bridgehead atoms. The van der Waals surface area contributed by atoms with Crippen LogP contribution in [-0.2, 0) is 9.59 Å². The third-order valence-electron chi connectivity index (χ3n) is 4.37. The highest BCUT2D eigenvalue weighted by atomic mass is 35.5. The summed E-state index contributed by atoms with van der Waals surface area (Å²) in [6.07, 6.45) is 0.00323. The molecule has 1 saturated heterocycles. The first-order valence-electron chi connectivity index (χ1n) is 8.05. The minimum absolute atomic E-state index is 0. The highest BCUT2D eigenvalue weighted by Gasteiger charge is 2.37. The molecule has 1 heterocycles. The van der Waals surface area contributed by atoms with Gasteiger partial charge in [0.2, 0.25) is 11.8 Å². The molecule has 1 atom stereocenters. The van der Waals surface area contributed by atoms with E-state index in [-0.39, 0.29) is 31.3 Å². The van der Waals surface area contributed by atoms with Gasteiger partial charge in [-0.2, -0.15) is 0 Å². The summed E-state index contributed by atoms with van der Waals surface area (Å²) in [5.74, 6) is -4.54. The van der Waals surface area contributed by atoms with Crippen LogP contribution in [0.1, 0.15) is 6.42 Å². The third-order valence-corrected chi connectivity index (χ3v) is 4.37. The maximum atomic E-state index is 13.2. The molecule has 2 amide bonds. The summed E-state index contributed by atoms with van der Waals surface area (Å²) >= 11 is 0. The van der Waals surface area contributed by atoms with E-state index in [9.17, 15) is 18.4 Å². The SMILES string of the molecule is Cl.NCC(F)(F)CNC(=O)C1CC(=O)N(c2cccc3ccccc23)C1. The molecule has 1 aliphatic rings. The third kappa shape index (κ3) is 4.11. The molecule has 26 heavy (non-hydrogen) atoms. The van der Waals surface area contributed by atoms with Crippen molar-refractivity contribution in [2.24, 2.45) is 11.7 Å². The van der Waals surface area contributed by atoms with E-state index in [0.717, 1.165) is 16.5 Å². The molecule has 0 radical (unpaired) electrons. The number of carbonyl (C=O) groups is 2. The molecular weight excluding hydrogens is 364 g/mol. The number of fused-ring (bicyclic) bond motifs is 1. The topological polar surface area (TPSA) is 75.4 Å². The van der Waals surface area contributed by atoms with Crippen LogP contribution in [0.5, 0.6) is 0 Å². The number of halogens is 3. The number of carbonyl (C=O) groups excluding carboxylic acids is 2. The summed E-state index contributed by atoms with van der Waals surface area (Å²) in [7, 11) is 0. The molecule has 5 nitrogen and oxygen atoms in total. The Kier molecular flexibility index (Phi) is 6.15. The summed E-state index contributed by atoms with van der Waals surface area (Å²) in [4.78, 5) is 26.0. The lowest BCUT2D eigenvalue weighted by atomic mass is 10.1. The molecule has 8 heteroatoms. The maximum Gasteiger partial charge on any atom is 0.277 e. The van der Waals surface area contributed by atoms with Crippen molar-refractivity contribution < 1.29 is 18.4 Å². The first-order chi connectivity index (χ1) is 11.9. The Morgan fingerprint density at radius 2 is 1.92 bits per heavy atom. The van der Waals surface area contributed by atoms with E-state index in [1.807, 2.05) is 42.5 Å². The number of hydrogen-bond acceptors (Lipinski definition) is 3. The van der Waals surface area contributed by atoms with Crippen molar-refractivity contribution in [3.63, 3.8) is 0 Å². The standard InChI is InChI=1S/C18H19F2N3O2.ClH/c19-18(20,10-21)11-22-17(25)13-8-16(24)23(9-13)15-7-3-5-12-4-1-2-6-14(12)15;/h1-7,13H,8-11,21H2,(H,22,25);1H. The van der Waals surface area contributed by atoms with Gasteiger partial charge >= 0.3 is 0 Å². The van der Waals surface area contributed by atoms with Gasteiger partial charge in [0.05, 0.1) is 24.7 Å². The largest absolute Gasteiger partial charge is 0.350 e. The van der Waals surface area contributed by atoms with Crippen LogP contribution in [-0.4, -0.2) is 37.4 Å². The molecule has 1 aliphatic heterocycles. The van der Waals surface area contributed by atoms with Gasteiger partial charge in [0.25, 0.3) is 5.92 Å². The van der Waals surface area contributed by atoms with E-state index in [4.69, 9.17) is 5.73 Å². The Hall–Kier alpha value is -2.25. The van der Waals surface area contributed by atoms with E-state index in [1.165, 1.54) is 0 Å². The van der Waals surface area contributed by atoms with Crippen LogP contribution < -0.4 is 16.0 Å². The van der Waals surface area contributed by atoms with Crippen LogP contribution in [0.15, 0.2) is 42.5 Å². The van der Waals surface area contributed by atoms with Gasteiger partial charge in [-0.15, -0.1) is 12.4 Å². The molecule has 3 rings (SSSR count). The molecule has 140 valence electrons. The fraction of sp³-hybridized carbons (Fsp3) is 0.333. The van der Waals surface area contributed by atoms with Gasteiger partial charge < -0.3 is 16.0 Å². The number of nitrogens with two attached hydrogens (primary N) is 1. The van der Waals surface area contributed by atoms with Gasteiger partial charge in [-0.1, -0.05) is 36.4 Å². The van der Waals surface area contributed by atoms with E-state index in [2.05, 4.69) is 5.32 Å². The first-order valence-corrected chi connectivity index (χ1v) is 8.05. The maximum absolute atomic E-state index is 13.2. The zero-order valence-corrected chi connectivity index (χ0v) is 14.8. The van der Waals surface area contributed by atoms with E-state index in [1.54, 1.807) is 4.90 Å². The lowest BCUT2D eigenvalue weighted by Crippen LogP contribution is -2.44. The second-order valence-electron chi connectivity index (χ2n) is 6.18. The number of alkyl halides is 2. The Balaban J connectivity index is 0.00000243. The minimum atomic E-state index is -3.15. The number of benzene rings is 2. The summed E-state index contributed by atoms with van der Waals surface area (Å²) in [6, 6.07) is 13.3. The molecule has 0 saturated carbocycles. The normalized spacial score (nSPS) is 17.3. The van der Waals surface area contributed by atoms with Crippen LogP contribution in [0.4, 0.5) is 14.5 Å². The number of nitrogens with one attached hydrogen (secondary N) is 1. The Morgan fingerprint density at radius 3 is 2.65 bits per heavy atom. The van der Waals surface area contributed by atoms with E-state index >= 15 is 0 Å². The van der Waals surface area contributed by atoms with Gasteiger partial charge in [0.15, 0.2) is 0 Å². The van der Waals surface area contributed by atoms with Crippen molar-refractivity contribution in [2.45, 2.75) is 12.3 Å². The van der Waals surface area contributed by atoms with Crippen molar-refractivity contribution in [2.75, 3.05) is 24.5 Å². The molecular formula is C18H20ClF2N3O2. The Labute approximate surface area is 155 Å². The molecule has 2 aromatic rings. The van der Waals surface area contributed by atoms with Crippen molar-refractivity contribution in [3.8, 4) is 0 Å². The quantitative estimate of drug-likeness (QED) is 0.832. The van der Waals surface area contributed by atoms with Gasteiger partial charge in [-0.05, 0) is 11.5 Å². The van der Waals surface area contributed by atoms with Crippen molar-refractivity contribution in [1.82, 2.24) is 5.32 Å². The Morgan fingerprint density at radius 1 is 1.23 bits per heavy atom. The van der Waals surface area contributed by atoms with Crippen molar-refractivity contribution >= 4 is 40.7 Å². The minimum Gasteiger partial charge on any atom is -0.350 e. The summed E-state index contributed by atoms with van der Waals surface area (Å²) in [5.41, 5.74) is 5.68. The average Bonchev–Trinajstić information content (AvgIpc) is 3.01. The van der Waals surface area contributed by atoms with Crippen LogP contribution in [0, 0.1) is 5.92 Å². The lowest BCUT2D eigenvalue weighted by Gasteiger charge is -2.19. The van der Waals surface area contributed by atoms with Gasteiger partial charge in [0.1, 0.15) is 0 Å². The zero-order chi connectivity index (χ0) is 18.0. The van der Waals surface area contributed by atoms with Crippen LogP contribution in [0.3, 0.4) is 0 Å². The highest BCUT2D eigenvalue weighted by Crippen LogP contribution is 2.31. The van der Waals surface area contributed by atoms with Gasteiger partial charge in [-0.25, -0.2) is 8.78 Å². The number of nitrogens with zero attached hydrogens (tertiary/aromatic N) is 1. The second kappa shape index (κ2) is 7.97. The number of hydrogen-bond donors (Lipinski definition) is 2. The molecule has 0 aliphatic carbocycles. The molecule has 0 aromatic heterocycles. The number of rotatable bonds is 5. The highest BCUT2D eigenvalue weighted by molar-refractivity contribution is 6.06. The molecule has 1 unspecified atom stereocenters. The molecule has 1 fully saturated rings. The number of anilines is 1. The van der Waals surface area contributed by atoms with Crippen molar-refractivity contribution in [1.29, 1.82) is 0 Å². The lowest BCUT2D eigenvalue weighted by molar-refractivity contribution is -0.127. The van der Waals surface area contributed by atoms with Crippen LogP contribution in [0.25, 0.3) is 10.8 Å². The van der Waals surface area contributed by atoms with E-state index < -0.39 is 30.8 Å². The first kappa shape index (κ1) is 20.1. The Bertz CT molecular complexity index is 811. The second-order valence-corrected chi connectivity index (χ2v) is 6.18. The molecule has 2 aromatic carbocycles. The van der Waals surface area contributed by atoms with Crippen molar-refractivity contribution in [3.05, 3.63) is 42.5 Å². The predicted molar refractivity (Wildman–Crippen MR) is 98.7 cm³/mol. The fourth-order valence-corrected chi connectivity index (χ4v) is 2.99. The zero-order valence-electron chi connectivity index (χ0n) is 14.0. The fourth-order valence-electron chi connectivity index (χ4n) is 2.99. The van der Waals surface area contributed by atoms with Crippen LogP contribution >= 0.6 is 12.4 Å². The van der Waals surface area contributed by atoms with Gasteiger partial charge in [0, 0.05) is 18.4 Å². The summed E-state index contributed by atoms with van der Waals surface area (Å²) < 4.78 is 26.4.